The SMILES string of the molecule is CCc1ccccc1C(O)Cc1ccc(C(C)(C)C)cc1. The molecule has 0 saturated carbocycles. The Hall–Kier alpha value is -1.60. The van der Waals surface area contributed by atoms with E-state index in [9.17, 15) is 5.11 Å². The fourth-order valence-corrected chi connectivity index (χ4v) is 2.66. The fraction of sp³-hybridized carbons (Fsp3) is 0.400. The molecule has 21 heavy (non-hydrogen) atoms. The molecule has 0 fully saturated rings. The molecule has 0 aliphatic carbocycles. The van der Waals surface area contributed by atoms with Crippen LogP contribution in [0.25, 0.3) is 0 Å². The molecule has 0 aliphatic rings. The highest BCUT2D eigenvalue weighted by molar-refractivity contribution is 5.32. The van der Waals surface area contributed by atoms with E-state index in [1.165, 1.54) is 16.7 Å². The van der Waals surface area contributed by atoms with Gasteiger partial charge in [0.2, 0.25) is 0 Å². The van der Waals surface area contributed by atoms with Gasteiger partial charge < -0.3 is 5.11 Å². The first-order valence-corrected chi connectivity index (χ1v) is 7.77. The predicted molar refractivity (Wildman–Crippen MR) is 89.6 cm³/mol. The van der Waals surface area contributed by atoms with E-state index in [0.29, 0.717) is 6.42 Å². The highest BCUT2D eigenvalue weighted by atomic mass is 16.3. The lowest BCUT2D eigenvalue weighted by Crippen LogP contribution is -2.11. The van der Waals surface area contributed by atoms with Gasteiger partial charge in [-0.15, -0.1) is 0 Å². The maximum atomic E-state index is 10.5. The van der Waals surface area contributed by atoms with E-state index >= 15 is 0 Å². The van der Waals surface area contributed by atoms with Gasteiger partial charge in [0.05, 0.1) is 6.10 Å². The average molecular weight is 282 g/mol. The Kier molecular flexibility index (Phi) is 4.84. The van der Waals surface area contributed by atoms with E-state index in [0.717, 1.165) is 12.0 Å². The largest absolute Gasteiger partial charge is 0.388 e. The van der Waals surface area contributed by atoms with Gasteiger partial charge in [0.1, 0.15) is 0 Å². The molecular weight excluding hydrogens is 256 g/mol. The maximum absolute atomic E-state index is 10.5. The van der Waals surface area contributed by atoms with Gasteiger partial charge in [-0.3, -0.25) is 0 Å². The minimum Gasteiger partial charge on any atom is -0.388 e. The molecule has 2 aromatic carbocycles. The van der Waals surface area contributed by atoms with Gasteiger partial charge in [-0.1, -0.05) is 76.2 Å². The second-order valence-electron chi connectivity index (χ2n) is 6.72. The predicted octanol–water partition coefficient (Wildman–Crippen LogP) is 4.82. The lowest BCUT2D eigenvalue weighted by molar-refractivity contribution is 0.177. The molecule has 1 heteroatoms. The van der Waals surface area contributed by atoms with E-state index in [-0.39, 0.29) is 5.41 Å². The van der Waals surface area contributed by atoms with Crippen molar-refractivity contribution in [3.8, 4) is 0 Å². The molecule has 1 unspecified atom stereocenters. The number of rotatable bonds is 4. The zero-order valence-electron chi connectivity index (χ0n) is 13.6. The van der Waals surface area contributed by atoms with Crippen molar-refractivity contribution in [3.63, 3.8) is 0 Å². The van der Waals surface area contributed by atoms with Crippen molar-refractivity contribution in [3.05, 3.63) is 70.8 Å². The van der Waals surface area contributed by atoms with E-state index < -0.39 is 6.10 Å². The highest BCUT2D eigenvalue weighted by Gasteiger charge is 2.15. The minimum absolute atomic E-state index is 0.173. The first-order chi connectivity index (χ1) is 9.91. The van der Waals surface area contributed by atoms with Crippen molar-refractivity contribution in [1.82, 2.24) is 0 Å². The Morgan fingerprint density at radius 2 is 1.57 bits per heavy atom. The van der Waals surface area contributed by atoms with Gasteiger partial charge in [-0.25, -0.2) is 0 Å². The number of benzene rings is 2. The third kappa shape index (κ3) is 3.95. The summed E-state index contributed by atoms with van der Waals surface area (Å²) >= 11 is 0. The second-order valence-corrected chi connectivity index (χ2v) is 6.72. The third-order valence-electron chi connectivity index (χ3n) is 4.04. The Morgan fingerprint density at radius 3 is 2.14 bits per heavy atom. The van der Waals surface area contributed by atoms with Crippen molar-refractivity contribution in [2.75, 3.05) is 0 Å². The second kappa shape index (κ2) is 6.44. The summed E-state index contributed by atoms with van der Waals surface area (Å²) in [7, 11) is 0. The monoisotopic (exact) mass is 282 g/mol. The molecule has 0 amide bonds. The molecule has 1 nitrogen and oxygen atoms in total. The number of hydrogen-bond donors (Lipinski definition) is 1. The topological polar surface area (TPSA) is 20.2 Å². The van der Waals surface area contributed by atoms with Crippen LogP contribution in [0.1, 0.15) is 56.1 Å². The molecule has 0 aromatic heterocycles. The van der Waals surface area contributed by atoms with Crippen LogP contribution in [0.15, 0.2) is 48.5 Å². The van der Waals surface area contributed by atoms with Crippen molar-refractivity contribution in [2.24, 2.45) is 0 Å². The van der Waals surface area contributed by atoms with Crippen LogP contribution in [0.5, 0.6) is 0 Å². The van der Waals surface area contributed by atoms with Crippen molar-refractivity contribution in [1.29, 1.82) is 0 Å². The molecule has 2 rings (SSSR count). The van der Waals surface area contributed by atoms with Crippen molar-refractivity contribution < 1.29 is 5.11 Å². The molecule has 0 spiro atoms. The van der Waals surface area contributed by atoms with Crippen LogP contribution in [0.2, 0.25) is 0 Å². The summed E-state index contributed by atoms with van der Waals surface area (Å²) in [5, 5.41) is 10.5. The van der Waals surface area contributed by atoms with Gasteiger partial charge in [0.25, 0.3) is 0 Å². The lowest BCUT2D eigenvalue weighted by atomic mass is 9.86. The highest BCUT2D eigenvalue weighted by Crippen LogP contribution is 2.25. The van der Waals surface area contributed by atoms with E-state index in [1.54, 1.807) is 0 Å². The van der Waals surface area contributed by atoms with Gasteiger partial charge in [0, 0.05) is 6.42 Å². The fourth-order valence-electron chi connectivity index (χ4n) is 2.66. The van der Waals surface area contributed by atoms with Crippen LogP contribution in [-0.4, -0.2) is 5.11 Å². The molecule has 2 aromatic rings. The molecule has 0 radical (unpaired) electrons. The average Bonchev–Trinajstić information content (AvgIpc) is 2.46. The molecule has 1 atom stereocenters. The molecule has 0 saturated heterocycles. The van der Waals surface area contributed by atoms with Gasteiger partial charge in [-0.2, -0.15) is 0 Å². The van der Waals surface area contributed by atoms with E-state index in [1.807, 2.05) is 18.2 Å². The summed E-state index contributed by atoms with van der Waals surface area (Å²) in [6, 6.07) is 16.8. The number of hydrogen-bond acceptors (Lipinski definition) is 1. The Morgan fingerprint density at radius 1 is 0.952 bits per heavy atom. The zero-order valence-corrected chi connectivity index (χ0v) is 13.6. The van der Waals surface area contributed by atoms with Crippen LogP contribution in [0.4, 0.5) is 0 Å². The summed E-state index contributed by atoms with van der Waals surface area (Å²) in [5.74, 6) is 0. The molecule has 0 aliphatic heterocycles. The summed E-state index contributed by atoms with van der Waals surface area (Å²) in [5.41, 5.74) is 4.97. The summed E-state index contributed by atoms with van der Waals surface area (Å²) in [4.78, 5) is 0. The maximum Gasteiger partial charge on any atom is 0.0833 e. The number of aliphatic hydroxyl groups excluding tert-OH is 1. The molecule has 0 bridgehead atoms. The zero-order chi connectivity index (χ0) is 15.5. The van der Waals surface area contributed by atoms with E-state index in [2.05, 4.69) is 58.0 Å². The molecule has 1 N–H and O–H groups in total. The molecule has 0 heterocycles. The van der Waals surface area contributed by atoms with Gasteiger partial charge >= 0.3 is 0 Å². The van der Waals surface area contributed by atoms with Crippen LogP contribution < -0.4 is 0 Å². The Balaban J connectivity index is 2.14. The number of aryl methyl sites for hydroxylation is 1. The third-order valence-corrected chi connectivity index (χ3v) is 4.04. The normalized spacial score (nSPS) is 13.2. The van der Waals surface area contributed by atoms with E-state index in [4.69, 9.17) is 0 Å². The summed E-state index contributed by atoms with van der Waals surface area (Å²) in [6.07, 6.45) is 1.19. The van der Waals surface area contributed by atoms with Crippen LogP contribution >= 0.6 is 0 Å². The summed E-state index contributed by atoms with van der Waals surface area (Å²) in [6.45, 7) is 8.78. The van der Waals surface area contributed by atoms with Gasteiger partial charge in [0.15, 0.2) is 0 Å². The minimum atomic E-state index is -0.429. The van der Waals surface area contributed by atoms with Gasteiger partial charge in [-0.05, 0) is 34.1 Å². The van der Waals surface area contributed by atoms with Crippen molar-refractivity contribution >= 4 is 0 Å². The van der Waals surface area contributed by atoms with Crippen LogP contribution in [0.3, 0.4) is 0 Å². The van der Waals surface area contributed by atoms with Crippen molar-refractivity contribution in [2.45, 2.75) is 52.1 Å². The Bertz CT molecular complexity index is 576. The van der Waals surface area contributed by atoms with Crippen LogP contribution in [0, 0.1) is 0 Å². The number of aliphatic hydroxyl groups is 1. The molecular formula is C20H26O. The standard InChI is InChI=1S/C20H26O/c1-5-16-8-6-7-9-18(16)19(21)14-15-10-12-17(13-11-15)20(2,3)4/h6-13,19,21H,5,14H2,1-4H3. The summed E-state index contributed by atoms with van der Waals surface area (Å²) < 4.78 is 0. The first kappa shape index (κ1) is 15.8. The quantitative estimate of drug-likeness (QED) is 0.852. The lowest BCUT2D eigenvalue weighted by Gasteiger charge is -2.20. The Labute approximate surface area is 128 Å². The first-order valence-electron chi connectivity index (χ1n) is 7.77. The van der Waals surface area contributed by atoms with Crippen LogP contribution in [-0.2, 0) is 18.3 Å². The molecule has 112 valence electrons. The smallest absolute Gasteiger partial charge is 0.0833 e.